The van der Waals surface area contributed by atoms with Gasteiger partial charge in [-0.05, 0) is 17.7 Å². The summed E-state index contributed by atoms with van der Waals surface area (Å²) in [7, 11) is 0. The quantitative estimate of drug-likeness (QED) is 0.256. The van der Waals surface area contributed by atoms with Crippen LogP contribution in [0.1, 0.15) is 25.3 Å². The predicted octanol–water partition coefficient (Wildman–Crippen LogP) is 1.42. The van der Waals surface area contributed by atoms with Gasteiger partial charge in [0.25, 0.3) is 12.0 Å². The van der Waals surface area contributed by atoms with Crippen molar-refractivity contribution in [2.45, 2.75) is 38.7 Å². The van der Waals surface area contributed by atoms with Gasteiger partial charge in [-0.1, -0.05) is 0 Å². The second-order valence-corrected chi connectivity index (χ2v) is 5.32. The summed E-state index contributed by atoms with van der Waals surface area (Å²) in [6.45, 7) is 1.00. The van der Waals surface area contributed by atoms with E-state index in [1.54, 1.807) is 0 Å². The van der Waals surface area contributed by atoms with Crippen LogP contribution in [0.3, 0.4) is 0 Å². The molecule has 10 heteroatoms. The van der Waals surface area contributed by atoms with Gasteiger partial charge in [-0.25, -0.2) is 4.79 Å². The molecule has 25 heavy (non-hydrogen) atoms. The number of carbonyl (C=O) groups is 3. The van der Waals surface area contributed by atoms with Crippen molar-refractivity contribution in [3.05, 3.63) is 39.9 Å². The molecule has 1 aliphatic rings. The van der Waals surface area contributed by atoms with Crippen molar-refractivity contribution in [2.75, 3.05) is 0 Å². The third-order valence-corrected chi connectivity index (χ3v) is 3.30. The molecule has 2 atom stereocenters. The fourth-order valence-corrected chi connectivity index (χ4v) is 2.11. The van der Waals surface area contributed by atoms with E-state index in [1.165, 1.54) is 24.3 Å². The molecule has 1 aliphatic heterocycles. The van der Waals surface area contributed by atoms with Gasteiger partial charge >= 0.3 is 12.1 Å². The molecule has 0 radical (unpaired) electrons. The van der Waals surface area contributed by atoms with Crippen LogP contribution in [0.4, 0.5) is 10.5 Å². The van der Waals surface area contributed by atoms with Crippen LogP contribution in [0.2, 0.25) is 0 Å². The molecule has 1 N–H and O–H groups in total. The lowest BCUT2D eigenvalue weighted by atomic mass is 10.0. The van der Waals surface area contributed by atoms with Gasteiger partial charge in [-0.15, -0.1) is 0 Å². The Morgan fingerprint density at radius 3 is 2.48 bits per heavy atom. The Kier molecular flexibility index (Phi) is 5.88. The van der Waals surface area contributed by atoms with E-state index in [-0.39, 0.29) is 37.1 Å². The van der Waals surface area contributed by atoms with Gasteiger partial charge in [-0.2, -0.15) is 0 Å². The first-order chi connectivity index (χ1) is 11.8. The number of benzene rings is 1. The summed E-state index contributed by atoms with van der Waals surface area (Å²) in [5.41, 5.74) is 0.446. The van der Waals surface area contributed by atoms with Crippen LogP contribution in [-0.2, 0) is 30.4 Å². The normalized spacial score (nSPS) is 16.8. The molecule has 0 aliphatic carbocycles. The molecule has 10 nitrogen and oxygen atoms in total. The third kappa shape index (κ3) is 5.75. The van der Waals surface area contributed by atoms with E-state index in [0.29, 0.717) is 5.56 Å². The molecule has 1 aromatic rings. The minimum atomic E-state index is -1.17. The average molecular weight is 352 g/mol. The summed E-state index contributed by atoms with van der Waals surface area (Å²) < 4.78 is 14.7. The Hall–Kier alpha value is -3.17. The summed E-state index contributed by atoms with van der Waals surface area (Å²) in [6.07, 6.45) is -1.85. The molecule has 1 aromatic carbocycles. The lowest BCUT2D eigenvalue weighted by molar-refractivity contribution is -0.384. The van der Waals surface area contributed by atoms with Gasteiger partial charge in [0.15, 0.2) is 0 Å². The number of hydrogen-bond donors (Lipinski definition) is 1. The second-order valence-electron chi connectivity index (χ2n) is 5.32. The maximum Gasteiger partial charge on any atom is 0.511 e. The number of nitro groups is 1. The number of ether oxygens (including phenoxy) is 3. The minimum Gasteiger partial charge on any atom is -0.429 e. The highest BCUT2D eigenvalue weighted by Crippen LogP contribution is 2.16. The van der Waals surface area contributed by atoms with Crippen molar-refractivity contribution in [3.8, 4) is 0 Å². The fourth-order valence-electron chi connectivity index (χ4n) is 2.11. The van der Waals surface area contributed by atoms with E-state index in [9.17, 15) is 24.5 Å². The topological polar surface area (TPSA) is 134 Å². The van der Waals surface area contributed by atoms with Gasteiger partial charge in [0.1, 0.15) is 6.61 Å². The van der Waals surface area contributed by atoms with E-state index in [4.69, 9.17) is 14.2 Å². The molecular weight excluding hydrogens is 336 g/mol. The number of rotatable bonds is 7. The highest BCUT2D eigenvalue weighted by Gasteiger charge is 2.31. The van der Waals surface area contributed by atoms with Crippen LogP contribution in [0.5, 0.6) is 0 Å². The van der Waals surface area contributed by atoms with Crippen molar-refractivity contribution in [1.29, 1.82) is 0 Å². The summed E-state index contributed by atoms with van der Waals surface area (Å²) in [4.78, 5) is 43.6. The number of nitrogens with zero attached hydrogens (tertiary/aromatic N) is 1. The molecule has 1 heterocycles. The van der Waals surface area contributed by atoms with E-state index >= 15 is 0 Å². The van der Waals surface area contributed by atoms with Crippen LogP contribution < -0.4 is 5.32 Å². The Labute approximate surface area is 142 Å². The molecule has 1 unspecified atom stereocenters. The van der Waals surface area contributed by atoms with Crippen molar-refractivity contribution < 1.29 is 33.5 Å². The van der Waals surface area contributed by atoms with Crippen LogP contribution in [0.15, 0.2) is 24.3 Å². The number of esters is 1. The third-order valence-electron chi connectivity index (χ3n) is 3.30. The molecule has 0 aromatic heterocycles. The first-order valence-electron chi connectivity index (χ1n) is 7.37. The van der Waals surface area contributed by atoms with Crippen molar-refractivity contribution in [2.24, 2.45) is 0 Å². The summed E-state index contributed by atoms with van der Waals surface area (Å²) in [6, 6.07) is 5.22. The molecule has 1 saturated heterocycles. The van der Waals surface area contributed by atoms with Crippen molar-refractivity contribution in [1.82, 2.24) is 5.32 Å². The van der Waals surface area contributed by atoms with Crippen LogP contribution in [0.25, 0.3) is 0 Å². The van der Waals surface area contributed by atoms with Gasteiger partial charge in [0.2, 0.25) is 5.91 Å². The number of β-lactam (4-membered cyclic amide) rings is 1. The molecule has 1 fully saturated rings. The summed E-state index contributed by atoms with van der Waals surface area (Å²) in [5.74, 6) is -0.772. The Morgan fingerprint density at radius 2 is 1.96 bits per heavy atom. The zero-order valence-corrected chi connectivity index (χ0v) is 13.3. The molecule has 0 bridgehead atoms. The lowest BCUT2D eigenvalue weighted by Gasteiger charge is -2.29. The van der Waals surface area contributed by atoms with E-state index in [2.05, 4.69) is 5.32 Å². The molecule has 2 rings (SSSR count). The first-order valence-corrected chi connectivity index (χ1v) is 7.37. The first kappa shape index (κ1) is 18.2. The fraction of sp³-hybridized carbons (Fsp3) is 0.400. The van der Waals surface area contributed by atoms with Gasteiger partial charge in [0, 0.05) is 37.9 Å². The van der Waals surface area contributed by atoms with Crippen molar-refractivity contribution in [3.63, 3.8) is 0 Å². The monoisotopic (exact) mass is 352 g/mol. The van der Waals surface area contributed by atoms with Gasteiger partial charge in [-0.3, -0.25) is 19.7 Å². The van der Waals surface area contributed by atoms with Gasteiger partial charge < -0.3 is 19.5 Å². The van der Waals surface area contributed by atoms with E-state index in [0.717, 1.165) is 6.92 Å². The number of nitrogens with one attached hydrogen (secondary N) is 1. The number of carbonyl (C=O) groups excluding carboxylic acids is 3. The maximum atomic E-state index is 11.7. The van der Waals surface area contributed by atoms with Crippen molar-refractivity contribution >= 4 is 23.7 Å². The Bertz CT molecular complexity index is 665. The molecule has 0 spiro atoms. The number of nitro benzene ring substituents is 1. The summed E-state index contributed by atoms with van der Waals surface area (Å²) in [5, 5.41) is 13.1. The van der Waals surface area contributed by atoms with Crippen LogP contribution in [0, 0.1) is 10.1 Å². The van der Waals surface area contributed by atoms with Gasteiger partial charge in [0.05, 0.1) is 4.92 Å². The lowest BCUT2D eigenvalue weighted by Crippen LogP contribution is -2.50. The molecule has 0 saturated carbocycles. The largest absolute Gasteiger partial charge is 0.511 e. The standard InChI is InChI=1S/C15H16N2O8/c1-9(18)24-14(7-11-6-13(19)16-11)25-15(20)23-8-10-2-4-12(5-3-10)17(21)22/h2-5,11,14H,6-8H2,1H3,(H,16,19)/t11?,14-/m1/s1. The van der Waals surface area contributed by atoms with E-state index in [1.807, 2.05) is 0 Å². The molecule has 134 valence electrons. The zero-order chi connectivity index (χ0) is 18.4. The summed E-state index contributed by atoms with van der Waals surface area (Å²) >= 11 is 0. The van der Waals surface area contributed by atoms with E-state index < -0.39 is 23.3 Å². The SMILES string of the molecule is CC(=O)O[C@@H](CC1CC(=O)N1)OC(=O)OCc1ccc([N+](=O)[O-])cc1. The highest BCUT2D eigenvalue weighted by molar-refractivity contribution is 5.82. The number of non-ortho nitro benzene ring substituents is 1. The molecular formula is C15H16N2O8. The number of hydrogen-bond acceptors (Lipinski definition) is 8. The highest BCUT2D eigenvalue weighted by atomic mass is 16.8. The molecule has 1 amide bonds. The zero-order valence-electron chi connectivity index (χ0n) is 13.3. The Morgan fingerprint density at radius 1 is 1.32 bits per heavy atom. The number of amides is 1. The smallest absolute Gasteiger partial charge is 0.429 e. The average Bonchev–Trinajstić information content (AvgIpc) is 2.51. The van der Waals surface area contributed by atoms with Crippen LogP contribution in [-0.4, -0.2) is 35.3 Å². The Balaban J connectivity index is 1.81. The maximum absolute atomic E-state index is 11.7. The predicted molar refractivity (Wildman–Crippen MR) is 81.1 cm³/mol. The van der Waals surface area contributed by atoms with Crippen LogP contribution >= 0.6 is 0 Å². The minimum absolute atomic E-state index is 0.0798. The second kappa shape index (κ2) is 8.08.